The molecule has 3 heteroatoms. The number of nitrogens with zero attached hydrogens (tertiary/aromatic N) is 1. The first-order valence-electron chi connectivity index (χ1n) is 6.00. The van der Waals surface area contributed by atoms with E-state index in [1.54, 1.807) is 0 Å². The van der Waals surface area contributed by atoms with Gasteiger partial charge in [-0.3, -0.25) is 4.68 Å². The summed E-state index contributed by atoms with van der Waals surface area (Å²) in [7, 11) is 0. The van der Waals surface area contributed by atoms with Crippen LogP contribution in [0.2, 0.25) is 0 Å². The minimum atomic E-state index is 0.538. The fourth-order valence-corrected chi connectivity index (χ4v) is 2.66. The van der Waals surface area contributed by atoms with E-state index in [4.69, 9.17) is 12.2 Å². The molecule has 0 aromatic carbocycles. The molecule has 0 unspecified atom stereocenters. The molecule has 0 amide bonds. The Morgan fingerprint density at radius 3 is 2.53 bits per heavy atom. The average Bonchev–Trinajstić information content (AvgIpc) is 2.62. The van der Waals surface area contributed by atoms with Crippen LogP contribution in [0.15, 0.2) is 6.07 Å². The van der Waals surface area contributed by atoms with E-state index in [1.165, 1.54) is 37.8 Å². The SMILES string of the molecule is CC(C)c1cc(=S)n(C2CCCCC2)[nH]1. The predicted octanol–water partition coefficient (Wildman–Crippen LogP) is 4.17. The first-order valence-corrected chi connectivity index (χ1v) is 6.41. The van der Waals surface area contributed by atoms with Crippen molar-refractivity contribution in [2.75, 3.05) is 0 Å². The van der Waals surface area contributed by atoms with E-state index in [2.05, 4.69) is 29.7 Å². The minimum Gasteiger partial charge on any atom is -0.301 e. The Morgan fingerprint density at radius 1 is 1.33 bits per heavy atom. The molecule has 2 nitrogen and oxygen atoms in total. The van der Waals surface area contributed by atoms with E-state index in [0.29, 0.717) is 12.0 Å². The van der Waals surface area contributed by atoms with E-state index in [0.717, 1.165) is 4.64 Å². The molecule has 1 N–H and O–H groups in total. The highest BCUT2D eigenvalue weighted by atomic mass is 32.1. The van der Waals surface area contributed by atoms with Crippen LogP contribution >= 0.6 is 12.2 Å². The molecule has 1 aromatic heterocycles. The molecule has 2 rings (SSSR count). The third-order valence-electron chi connectivity index (χ3n) is 3.33. The first kappa shape index (κ1) is 10.9. The summed E-state index contributed by atoms with van der Waals surface area (Å²) in [6.07, 6.45) is 6.66. The Balaban J connectivity index is 2.23. The summed E-state index contributed by atoms with van der Waals surface area (Å²) in [5.41, 5.74) is 1.27. The van der Waals surface area contributed by atoms with Crippen molar-refractivity contribution in [1.82, 2.24) is 9.78 Å². The van der Waals surface area contributed by atoms with Gasteiger partial charge in [0.1, 0.15) is 4.64 Å². The lowest BCUT2D eigenvalue weighted by Crippen LogP contribution is -2.14. The van der Waals surface area contributed by atoms with Gasteiger partial charge in [-0.25, -0.2) is 0 Å². The summed E-state index contributed by atoms with van der Waals surface area (Å²) in [6.45, 7) is 4.40. The molecule has 1 aliphatic rings. The minimum absolute atomic E-state index is 0.538. The van der Waals surface area contributed by atoms with Crippen LogP contribution < -0.4 is 0 Å². The van der Waals surface area contributed by atoms with Crippen LogP contribution in [0.25, 0.3) is 0 Å². The summed E-state index contributed by atoms with van der Waals surface area (Å²) in [5, 5.41) is 3.46. The van der Waals surface area contributed by atoms with Crippen LogP contribution in [0.3, 0.4) is 0 Å². The van der Waals surface area contributed by atoms with Gasteiger partial charge in [0, 0.05) is 5.69 Å². The van der Waals surface area contributed by atoms with Crippen molar-refractivity contribution < 1.29 is 0 Å². The van der Waals surface area contributed by atoms with Gasteiger partial charge >= 0.3 is 0 Å². The maximum absolute atomic E-state index is 5.40. The Bertz CT molecular complexity index is 369. The molecule has 0 atom stereocenters. The van der Waals surface area contributed by atoms with Crippen molar-refractivity contribution in [3.05, 3.63) is 16.4 Å². The van der Waals surface area contributed by atoms with E-state index in [9.17, 15) is 0 Å². The van der Waals surface area contributed by atoms with E-state index < -0.39 is 0 Å². The molecule has 15 heavy (non-hydrogen) atoms. The highest BCUT2D eigenvalue weighted by Crippen LogP contribution is 2.28. The second kappa shape index (κ2) is 4.52. The molecular formula is C12H20N2S. The standard InChI is InChI=1S/C12H20N2S/c1-9(2)11-8-12(15)14(13-11)10-6-4-3-5-7-10/h8-10,13H,3-7H2,1-2H3. The number of hydrogen-bond donors (Lipinski definition) is 1. The molecule has 0 bridgehead atoms. The van der Waals surface area contributed by atoms with E-state index >= 15 is 0 Å². The number of nitrogens with one attached hydrogen (secondary N) is 1. The lowest BCUT2D eigenvalue weighted by molar-refractivity contribution is 0.325. The van der Waals surface area contributed by atoms with E-state index in [1.807, 2.05) is 0 Å². The van der Waals surface area contributed by atoms with Gasteiger partial charge < -0.3 is 5.10 Å². The van der Waals surface area contributed by atoms with Gasteiger partial charge in [0.05, 0.1) is 6.04 Å². The second-order valence-corrected chi connectivity index (χ2v) is 5.28. The summed E-state index contributed by atoms with van der Waals surface area (Å²) < 4.78 is 3.19. The van der Waals surface area contributed by atoms with Gasteiger partial charge in [0.25, 0.3) is 0 Å². The quantitative estimate of drug-likeness (QED) is 0.748. The zero-order valence-electron chi connectivity index (χ0n) is 9.62. The molecular weight excluding hydrogens is 204 g/mol. The largest absolute Gasteiger partial charge is 0.301 e. The van der Waals surface area contributed by atoms with Crippen LogP contribution in [0, 0.1) is 4.64 Å². The first-order chi connectivity index (χ1) is 7.18. The summed E-state index contributed by atoms with van der Waals surface area (Å²) in [4.78, 5) is 0. The second-order valence-electron chi connectivity index (χ2n) is 4.87. The Morgan fingerprint density at radius 2 is 2.00 bits per heavy atom. The summed E-state index contributed by atoms with van der Waals surface area (Å²) in [6, 6.07) is 2.74. The lowest BCUT2D eigenvalue weighted by atomic mass is 9.96. The zero-order valence-corrected chi connectivity index (χ0v) is 10.4. The zero-order chi connectivity index (χ0) is 10.8. The predicted molar refractivity (Wildman–Crippen MR) is 65.8 cm³/mol. The highest BCUT2D eigenvalue weighted by Gasteiger charge is 2.17. The van der Waals surface area contributed by atoms with Crippen LogP contribution in [0.5, 0.6) is 0 Å². The van der Waals surface area contributed by atoms with E-state index in [-0.39, 0.29) is 0 Å². The summed E-state index contributed by atoms with van der Waals surface area (Å²) >= 11 is 5.40. The van der Waals surface area contributed by atoms with Crippen molar-refractivity contribution >= 4 is 12.2 Å². The molecule has 1 saturated carbocycles. The number of rotatable bonds is 2. The topological polar surface area (TPSA) is 20.7 Å². The third-order valence-corrected chi connectivity index (χ3v) is 3.64. The fraction of sp³-hybridized carbons (Fsp3) is 0.750. The van der Waals surface area contributed by atoms with Gasteiger partial charge in [0.15, 0.2) is 0 Å². The Kier molecular flexibility index (Phi) is 3.29. The number of H-pyrrole nitrogens is 1. The monoisotopic (exact) mass is 224 g/mol. The fourth-order valence-electron chi connectivity index (χ4n) is 2.34. The van der Waals surface area contributed by atoms with Crippen molar-refractivity contribution in [2.45, 2.75) is 57.9 Å². The molecule has 0 aliphatic heterocycles. The van der Waals surface area contributed by atoms with Crippen LogP contribution in [-0.4, -0.2) is 9.78 Å². The molecule has 0 spiro atoms. The molecule has 1 aromatic rings. The van der Waals surface area contributed by atoms with Crippen LogP contribution in [0.4, 0.5) is 0 Å². The lowest BCUT2D eigenvalue weighted by Gasteiger charge is -2.22. The summed E-state index contributed by atoms with van der Waals surface area (Å²) in [5.74, 6) is 0.538. The smallest absolute Gasteiger partial charge is 0.122 e. The molecule has 1 aliphatic carbocycles. The Hall–Kier alpha value is -0.570. The number of hydrogen-bond acceptors (Lipinski definition) is 1. The van der Waals surface area contributed by atoms with Crippen LogP contribution in [-0.2, 0) is 0 Å². The maximum atomic E-state index is 5.40. The maximum Gasteiger partial charge on any atom is 0.122 e. The third kappa shape index (κ3) is 2.33. The molecule has 1 fully saturated rings. The average molecular weight is 224 g/mol. The normalized spacial score (nSPS) is 18.6. The molecule has 1 heterocycles. The van der Waals surface area contributed by atoms with Gasteiger partial charge in [-0.15, -0.1) is 0 Å². The number of aromatic amines is 1. The van der Waals surface area contributed by atoms with Crippen molar-refractivity contribution in [1.29, 1.82) is 0 Å². The number of aromatic nitrogens is 2. The molecule has 84 valence electrons. The van der Waals surface area contributed by atoms with Crippen molar-refractivity contribution in [3.63, 3.8) is 0 Å². The molecule has 0 saturated heterocycles. The Labute approximate surface area is 96.7 Å². The van der Waals surface area contributed by atoms with Gasteiger partial charge in [-0.05, 0) is 24.8 Å². The van der Waals surface area contributed by atoms with Gasteiger partial charge in [-0.1, -0.05) is 45.3 Å². The van der Waals surface area contributed by atoms with Crippen molar-refractivity contribution in [3.8, 4) is 0 Å². The van der Waals surface area contributed by atoms with Gasteiger partial charge in [-0.2, -0.15) is 0 Å². The molecule has 0 radical (unpaired) electrons. The van der Waals surface area contributed by atoms with Crippen molar-refractivity contribution in [2.24, 2.45) is 0 Å². The van der Waals surface area contributed by atoms with Gasteiger partial charge in [0.2, 0.25) is 0 Å². The van der Waals surface area contributed by atoms with Crippen LogP contribution in [0.1, 0.15) is 63.6 Å². The highest BCUT2D eigenvalue weighted by molar-refractivity contribution is 7.71.